The zero-order chi connectivity index (χ0) is 10.8. The van der Waals surface area contributed by atoms with Crippen molar-refractivity contribution in [1.82, 2.24) is 4.57 Å². The number of benzene rings is 1. The highest BCUT2D eigenvalue weighted by Crippen LogP contribution is 2.26. The third-order valence-electron chi connectivity index (χ3n) is 2.47. The molecule has 3 heteroatoms. The Morgan fingerprint density at radius 2 is 2.07 bits per heavy atom. The van der Waals surface area contributed by atoms with Crippen LogP contribution < -0.4 is 5.73 Å². The summed E-state index contributed by atoms with van der Waals surface area (Å²) in [7, 11) is 0. The van der Waals surface area contributed by atoms with Crippen molar-refractivity contribution in [1.29, 1.82) is 0 Å². The summed E-state index contributed by atoms with van der Waals surface area (Å²) in [6, 6.07) is 11.0. The lowest BCUT2D eigenvalue weighted by Gasteiger charge is -2.08. The van der Waals surface area contributed by atoms with Crippen LogP contribution in [-0.2, 0) is 6.54 Å². The Labute approximate surface area is 88.8 Å². The molecule has 0 aliphatic rings. The maximum absolute atomic E-state index is 9.40. The van der Waals surface area contributed by atoms with Crippen LogP contribution in [0.2, 0.25) is 0 Å². The molecule has 0 aliphatic heterocycles. The highest BCUT2D eigenvalue weighted by atomic mass is 16.3. The van der Waals surface area contributed by atoms with Crippen LogP contribution in [0, 0.1) is 0 Å². The minimum absolute atomic E-state index is 0.273. The van der Waals surface area contributed by atoms with Gasteiger partial charge in [0.05, 0.1) is 0 Å². The van der Waals surface area contributed by atoms with Crippen molar-refractivity contribution in [3.05, 3.63) is 36.4 Å². The standard InChI is InChI=1S/C12H14N2O/c1-2-14-11(6-7-12(14)13)9-4-3-5-10(15)8-9/h3-8,15H,2,13H2,1H3. The molecular formula is C12H14N2O. The number of nitrogens with zero attached hydrogens (tertiary/aromatic N) is 1. The Bertz CT molecular complexity index is 474. The van der Waals surface area contributed by atoms with E-state index in [1.807, 2.05) is 35.8 Å². The quantitative estimate of drug-likeness (QED) is 0.786. The minimum atomic E-state index is 0.273. The third kappa shape index (κ3) is 1.68. The summed E-state index contributed by atoms with van der Waals surface area (Å²) in [6.07, 6.45) is 0. The number of phenolic OH excluding ortho intramolecular Hbond substituents is 1. The second-order valence-electron chi connectivity index (χ2n) is 3.44. The maximum atomic E-state index is 9.40. The lowest BCUT2D eigenvalue weighted by molar-refractivity contribution is 0.475. The first kappa shape index (κ1) is 9.65. The molecule has 1 aromatic carbocycles. The molecule has 2 aromatic rings. The first-order valence-electron chi connectivity index (χ1n) is 4.96. The molecule has 0 radical (unpaired) electrons. The van der Waals surface area contributed by atoms with Crippen LogP contribution in [0.15, 0.2) is 36.4 Å². The molecule has 0 saturated carbocycles. The predicted molar refractivity (Wildman–Crippen MR) is 61.6 cm³/mol. The van der Waals surface area contributed by atoms with Gasteiger partial charge in [-0.1, -0.05) is 12.1 Å². The van der Waals surface area contributed by atoms with E-state index in [1.54, 1.807) is 12.1 Å². The summed E-state index contributed by atoms with van der Waals surface area (Å²) in [6.45, 7) is 2.87. The molecule has 0 spiro atoms. The van der Waals surface area contributed by atoms with Gasteiger partial charge in [0.15, 0.2) is 0 Å². The van der Waals surface area contributed by atoms with Crippen LogP contribution in [0.5, 0.6) is 5.75 Å². The Hall–Kier alpha value is -1.90. The number of phenols is 1. The smallest absolute Gasteiger partial charge is 0.116 e. The second-order valence-corrected chi connectivity index (χ2v) is 3.44. The monoisotopic (exact) mass is 202 g/mol. The van der Waals surface area contributed by atoms with Crippen molar-refractivity contribution in [3.8, 4) is 17.0 Å². The van der Waals surface area contributed by atoms with Crippen LogP contribution in [0.4, 0.5) is 5.82 Å². The maximum Gasteiger partial charge on any atom is 0.116 e. The zero-order valence-electron chi connectivity index (χ0n) is 8.64. The van der Waals surface area contributed by atoms with Gasteiger partial charge in [0.2, 0.25) is 0 Å². The molecule has 0 saturated heterocycles. The van der Waals surface area contributed by atoms with Crippen molar-refractivity contribution in [2.45, 2.75) is 13.5 Å². The van der Waals surface area contributed by atoms with Gasteiger partial charge in [-0.3, -0.25) is 0 Å². The van der Waals surface area contributed by atoms with Crippen molar-refractivity contribution in [2.24, 2.45) is 0 Å². The summed E-state index contributed by atoms with van der Waals surface area (Å²) in [4.78, 5) is 0. The number of anilines is 1. The molecule has 3 N–H and O–H groups in total. The Balaban J connectivity index is 2.54. The number of nitrogen functional groups attached to an aromatic ring is 1. The average molecular weight is 202 g/mol. The molecule has 1 heterocycles. The Morgan fingerprint density at radius 3 is 2.73 bits per heavy atom. The van der Waals surface area contributed by atoms with Crippen LogP contribution in [-0.4, -0.2) is 9.67 Å². The topological polar surface area (TPSA) is 51.2 Å². The van der Waals surface area contributed by atoms with E-state index in [1.165, 1.54) is 0 Å². The summed E-state index contributed by atoms with van der Waals surface area (Å²) >= 11 is 0. The highest BCUT2D eigenvalue weighted by molar-refractivity contribution is 5.65. The Kier molecular flexibility index (Phi) is 2.37. The van der Waals surface area contributed by atoms with Gasteiger partial charge in [-0.25, -0.2) is 0 Å². The van der Waals surface area contributed by atoms with Crippen LogP contribution in [0.1, 0.15) is 6.92 Å². The third-order valence-corrected chi connectivity index (χ3v) is 2.47. The summed E-state index contributed by atoms with van der Waals surface area (Å²) in [5.74, 6) is 1.02. The van der Waals surface area contributed by atoms with Gasteiger partial charge < -0.3 is 15.4 Å². The molecule has 0 amide bonds. The average Bonchev–Trinajstić information content (AvgIpc) is 2.59. The molecule has 0 aliphatic carbocycles. The van der Waals surface area contributed by atoms with E-state index in [4.69, 9.17) is 5.73 Å². The molecule has 0 bridgehead atoms. The fourth-order valence-corrected chi connectivity index (χ4v) is 1.75. The van der Waals surface area contributed by atoms with Gasteiger partial charge in [0, 0.05) is 17.8 Å². The molecule has 2 rings (SSSR count). The second kappa shape index (κ2) is 3.69. The van der Waals surface area contributed by atoms with Gasteiger partial charge in [-0.2, -0.15) is 0 Å². The zero-order valence-corrected chi connectivity index (χ0v) is 8.64. The van der Waals surface area contributed by atoms with Gasteiger partial charge in [-0.05, 0) is 31.2 Å². The summed E-state index contributed by atoms with van der Waals surface area (Å²) < 4.78 is 2.01. The molecule has 15 heavy (non-hydrogen) atoms. The summed E-state index contributed by atoms with van der Waals surface area (Å²) in [5, 5.41) is 9.40. The van der Waals surface area contributed by atoms with Crippen LogP contribution in [0.25, 0.3) is 11.3 Å². The lowest BCUT2D eigenvalue weighted by Crippen LogP contribution is -2.01. The van der Waals surface area contributed by atoms with Crippen molar-refractivity contribution in [3.63, 3.8) is 0 Å². The normalized spacial score (nSPS) is 10.5. The van der Waals surface area contributed by atoms with Crippen LogP contribution in [0.3, 0.4) is 0 Å². The molecule has 1 aromatic heterocycles. The summed E-state index contributed by atoms with van der Waals surface area (Å²) in [5.41, 5.74) is 7.84. The number of hydrogen-bond donors (Lipinski definition) is 2. The number of aromatic hydroxyl groups is 1. The Morgan fingerprint density at radius 1 is 1.27 bits per heavy atom. The van der Waals surface area contributed by atoms with E-state index in [-0.39, 0.29) is 5.75 Å². The predicted octanol–water partition coefficient (Wildman–Crippen LogP) is 2.46. The lowest BCUT2D eigenvalue weighted by atomic mass is 10.1. The van der Waals surface area contributed by atoms with E-state index in [0.717, 1.165) is 23.6 Å². The minimum Gasteiger partial charge on any atom is -0.508 e. The van der Waals surface area contributed by atoms with E-state index < -0.39 is 0 Å². The van der Waals surface area contributed by atoms with Crippen molar-refractivity contribution in [2.75, 3.05) is 5.73 Å². The fraction of sp³-hybridized carbons (Fsp3) is 0.167. The highest BCUT2D eigenvalue weighted by Gasteiger charge is 2.06. The van der Waals surface area contributed by atoms with E-state index in [0.29, 0.717) is 0 Å². The molecule has 0 unspecified atom stereocenters. The van der Waals surface area contributed by atoms with Crippen molar-refractivity contribution < 1.29 is 5.11 Å². The van der Waals surface area contributed by atoms with E-state index in [2.05, 4.69) is 0 Å². The number of hydrogen-bond acceptors (Lipinski definition) is 2. The fourth-order valence-electron chi connectivity index (χ4n) is 1.75. The van der Waals surface area contributed by atoms with Gasteiger partial charge in [0.25, 0.3) is 0 Å². The van der Waals surface area contributed by atoms with Gasteiger partial charge in [-0.15, -0.1) is 0 Å². The molecular weight excluding hydrogens is 188 g/mol. The van der Waals surface area contributed by atoms with E-state index in [9.17, 15) is 5.11 Å². The van der Waals surface area contributed by atoms with Gasteiger partial charge in [0.1, 0.15) is 11.6 Å². The van der Waals surface area contributed by atoms with Crippen LogP contribution >= 0.6 is 0 Å². The number of rotatable bonds is 2. The number of nitrogens with two attached hydrogens (primary N) is 1. The molecule has 78 valence electrons. The largest absolute Gasteiger partial charge is 0.508 e. The first-order valence-corrected chi connectivity index (χ1v) is 4.96. The van der Waals surface area contributed by atoms with E-state index >= 15 is 0 Å². The molecule has 0 fully saturated rings. The molecule has 3 nitrogen and oxygen atoms in total. The van der Waals surface area contributed by atoms with Crippen molar-refractivity contribution >= 4 is 5.82 Å². The van der Waals surface area contributed by atoms with Gasteiger partial charge >= 0.3 is 0 Å². The number of aromatic nitrogens is 1. The SMILES string of the molecule is CCn1c(N)ccc1-c1cccc(O)c1. The first-order chi connectivity index (χ1) is 7.22. The molecule has 0 atom stereocenters.